The first-order valence-electron chi connectivity index (χ1n) is 6.94. The van der Waals surface area contributed by atoms with Gasteiger partial charge >= 0.3 is 0 Å². The molecule has 0 aliphatic carbocycles. The zero-order valence-electron chi connectivity index (χ0n) is 12.7. The molecule has 0 heterocycles. The van der Waals surface area contributed by atoms with Crippen LogP contribution in [-0.4, -0.2) is 13.7 Å². The highest BCUT2D eigenvalue weighted by atomic mass is 19.1. The number of nitrogens with one attached hydrogen (secondary N) is 1. The molecule has 0 saturated carbocycles. The summed E-state index contributed by atoms with van der Waals surface area (Å²) in [7, 11) is 1.55. The average Bonchev–Trinajstić information content (AvgIpc) is 2.33. The minimum atomic E-state index is -0.195. The third kappa shape index (κ3) is 5.19. The Morgan fingerprint density at radius 2 is 2.00 bits per heavy atom. The minimum Gasteiger partial charge on any atom is -0.497 e. The van der Waals surface area contributed by atoms with Gasteiger partial charge in [-0.2, -0.15) is 0 Å². The molecule has 2 nitrogen and oxygen atoms in total. The van der Waals surface area contributed by atoms with E-state index in [4.69, 9.17) is 4.74 Å². The lowest BCUT2D eigenvalue weighted by Crippen LogP contribution is -2.23. The second-order valence-corrected chi connectivity index (χ2v) is 6.10. The highest BCUT2D eigenvalue weighted by Crippen LogP contribution is 2.29. The van der Waals surface area contributed by atoms with E-state index in [0.717, 1.165) is 24.9 Å². The van der Waals surface area contributed by atoms with Crippen molar-refractivity contribution in [2.75, 3.05) is 13.7 Å². The molecule has 0 fully saturated rings. The van der Waals surface area contributed by atoms with Crippen LogP contribution in [0.4, 0.5) is 4.39 Å². The van der Waals surface area contributed by atoms with Gasteiger partial charge in [0, 0.05) is 17.7 Å². The van der Waals surface area contributed by atoms with Crippen molar-refractivity contribution in [1.29, 1.82) is 0 Å². The van der Waals surface area contributed by atoms with Crippen molar-refractivity contribution < 1.29 is 9.13 Å². The van der Waals surface area contributed by atoms with Crippen molar-refractivity contribution in [2.24, 2.45) is 5.41 Å². The molecule has 1 aromatic carbocycles. The normalized spacial score (nSPS) is 13.4. The van der Waals surface area contributed by atoms with Gasteiger partial charge in [0.05, 0.1) is 7.11 Å². The first-order valence-corrected chi connectivity index (χ1v) is 6.94. The van der Waals surface area contributed by atoms with E-state index in [1.807, 2.05) is 19.1 Å². The fraction of sp³-hybridized carbons (Fsp3) is 0.625. The first kappa shape index (κ1) is 16.0. The van der Waals surface area contributed by atoms with Crippen LogP contribution in [0.25, 0.3) is 0 Å². The number of rotatable bonds is 6. The largest absolute Gasteiger partial charge is 0.497 e. The van der Waals surface area contributed by atoms with Crippen LogP contribution in [0.2, 0.25) is 0 Å². The monoisotopic (exact) mass is 267 g/mol. The number of methoxy groups -OCH3 is 1. The third-order valence-electron chi connectivity index (χ3n) is 3.22. The summed E-state index contributed by atoms with van der Waals surface area (Å²) < 4.78 is 19.2. The van der Waals surface area contributed by atoms with Crippen LogP contribution < -0.4 is 10.1 Å². The average molecular weight is 267 g/mol. The fourth-order valence-corrected chi connectivity index (χ4v) is 2.11. The molecule has 3 heteroatoms. The lowest BCUT2D eigenvalue weighted by Gasteiger charge is -2.24. The Hall–Kier alpha value is -1.09. The maximum atomic E-state index is 14.1. The summed E-state index contributed by atoms with van der Waals surface area (Å²) in [5.41, 5.74) is 0.989. The molecule has 0 aromatic heterocycles. The van der Waals surface area contributed by atoms with Crippen molar-refractivity contribution in [3.63, 3.8) is 0 Å². The summed E-state index contributed by atoms with van der Waals surface area (Å²) in [5, 5.41) is 3.37. The molecule has 1 unspecified atom stereocenters. The number of ether oxygens (including phenoxy) is 1. The summed E-state index contributed by atoms with van der Waals surface area (Å²) in [4.78, 5) is 0. The van der Waals surface area contributed by atoms with E-state index in [2.05, 4.69) is 26.1 Å². The van der Waals surface area contributed by atoms with E-state index in [9.17, 15) is 4.39 Å². The van der Waals surface area contributed by atoms with E-state index in [-0.39, 0.29) is 17.3 Å². The quantitative estimate of drug-likeness (QED) is 0.829. The van der Waals surface area contributed by atoms with Gasteiger partial charge in [-0.1, -0.05) is 33.8 Å². The van der Waals surface area contributed by atoms with Crippen LogP contribution in [0.1, 0.15) is 52.1 Å². The highest BCUT2D eigenvalue weighted by molar-refractivity contribution is 5.30. The van der Waals surface area contributed by atoms with Crippen molar-refractivity contribution in [1.82, 2.24) is 5.32 Å². The van der Waals surface area contributed by atoms with Crippen molar-refractivity contribution in [2.45, 2.75) is 46.6 Å². The molecule has 19 heavy (non-hydrogen) atoms. The lowest BCUT2D eigenvalue weighted by molar-refractivity contribution is 0.330. The van der Waals surface area contributed by atoms with E-state index in [1.165, 1.54) is 6.07 Å². The van der Waals surface area contributed by atoms with Crippen LogP contribution >= 0.6 is 0 Å². The Bertz CT molecular complexity index is 398. The molecule has 0 radical (unpaired) electrons. The molecule has 1 atom stereocenters. The zero-order chi connectivity index (χ0) is 14.5. The maximum Gasteiger partial charge on any atom is 0.131 e. The Balaban J connectivity index is 2.86. The van der Waals surface area contributed by atoms with Gasteiger partial charge in [-0.15, -0.1) is 0 Å². The summed E-state index contributed by atoms with van der Waals surface area (Å²) in [6.45, 7) is 9.51. The van der Waals surface area contributed by atoms with Gasteiger partial charge in [0.2, 0.25) is 0 Å². The molecule has 0 aliphatic heterocycles. The molecular formula is C16H26FNO. The zero-order valence-corrected chi connectivity index (χ0v) is 12.7. The van der Waals surface area contributed by atoms with E-state index >= 15 is 0 Å². The SMILES string of the molecule is CCNC(CCC(C)(C)C)c1ccc(OC)cc1F. The van der Waals surface area contributed by atoms with Crippen molar-refractivity contribution >= 4 is 0 Å². The van der Waals surface area contributed by atoms with Gasteiger partial charge in [-0.05, 0) is 30.9 Å². The Kier molecular flexibility index (Phi) is 5.80. The number of hydrogen-bond donors (Lipinski definition) is 1. The van der Waals surface area contributed by atoms with Gasteiger partial charge in [-0.25, -0.2) is 4.39 Å². The summed E-state index contributed by atoms with van der Waals surface area (Å²) in [6, 6.07) is 5.16. The molecular weight excluding hydrogens is 241 g/mol. The minimum absolute atomic E-state index is 0.0649. The number of benzene rings is 1. The summed E-state index contributed by atoms with van der Waals surface area (Å²) in [6.07, 6.45) is 1.98. The predicted octanol–water partition coefficient (Wildman–Crippen LogP) is 4.31. The molecule has 0 aliphatic rings. The van der Waals surface area contributed by atoms with Gasteiger partial charge < -0.3 is 10.1 Å². The van der Waals surface area contributed by atoms with E-state index in [0.29, 0.717) is 5.75 Å². The Morgan fingerprint density at radius 1 is 1.32 bits per heavy atom. The smallest absolute Gasteiger partial charge is 0.131 e. The molecule has 1 rings (SSSR count). The van der Waals surface area contributed by atoms with E-state index < -0.39 is 0 Å². The summed E-state index contributed by atoms with van der Waals surface area (Å²) in [5.74, 6) is 0.367. The third-order valence-corrected chi connectivity index (χ3v) is 3.22. The summed E-state index contributed by atoms with van der Waals surface area (Å²) >= 11 is 0. The van der Waals surface area contributed by atoms with Crippen LogP contribution in [0.3, 0.4) is 0 Å². The van der Waals surface area contributed by atoms with Gasteiger partial charge in [0.25, 0.3) is 0 Å². The second kappa shape index (κ2) is 6.90. The molecule has 0 saturated heterocycles. The molecule has 108 valence electrons. The lowest BCUT2D eigenvalue weighted by atomic mass is 9.87. The van der Waals surface area contributed by atoms with Crippen LogP contribution in [-0.2, 0) is 0 Å². The Labute approximate surface area is 116 Å². The number of hydrogen-bond acceptors (Lipinski definition) is 2. The topological polar surface area (TPSA) is 21.3 Å². The predicted molar refractivity (Wildman–Crippen MR) is 78.1 cm³/mol. The van der Waals surface area contributed by atoms with Crippen molar-refractivity contribution in [3.8, 4) is 5.75 Å². The molecule has 0 spiro atoms. The Morgan fingerprint density at radius 3 is 2.47 bits per heavy atom. The van der Waals surface area contributed by atoms with Crippen LogP contribution in [0.5, 0.6) is 5.75 Å². The fourth-order valence-electron chi connectivity index (χ4n) is 2.11. The first-order chi connectivity index (χ1) is 8.87. The van der Waals surface area contributed by atoms with Gasteiger partial charge in [0.1, 0.15) is 11.6 Å². The standard InChI is InChI=1S/C16H26FNO/c1-6-18-15(9-10-16(2,3)4)13-8-7-12(19-5)11-14(13)17/h7-8,11,15,18H,6,9-10H2,1-5H3. The molecule has 1 N–H and O–H groups in total. The van der Waals surface area contributed by atoms with Gasteiger partial charge in [0.15, 0.2) is 0 Å². The van der Waals surface area contributed by atoms with Gasteiger partial charge in [-0.3, -0.25) is 0 Å². The molecule has 0 amide bonds. The molecule has 1 aromatic rings. The van der Waals surface area contributed by atoms with Crippen molar-refractivity contribution in [3.05, 3.63) is 29.6 Å². The van der Waals surface area contributed by atoms with E-state index in [1.54, 1.807) is 7.11 Å². The van der Waals surface area contributed by atoms with Crippen LogP contribution in [0, 0.1) is 11.2 Å². The maximum absolute atomic E-state index is 14.1. The highest BCUT2D eigenvalue weighted by Gasteiger charge is 2.19. The van der Waals surface area contributed by atoms with Crippen LogP contribution in [0.15, 0.2) is 18.2 Å². The number of halogens is 1. The molecule has 0 bridgehead atoms. The second-order valence-electron chi connectivity index (χ2n) is 6.10.